The van der Waals surface area contributed by atoms with Gasteiger partial charge in [-0.25, -0.2) is 0 Å². The van der Waals surface area contributed by atoms with Crippen molar-refractivity contribution in [1.29, 1.82) is 0 Å². The van der Waals surface area contributed by atoms with Gasteiger partial charge in [0.25, 0.3) is 0 Å². The van der Waals surface area contributed by atoms with Gasteiger partial charge in [0, 0.05) is 36.2 Å². The highest BCUT2D eigenvalue weighted by molar-refractivity contribution is 5.84. The highest BCUT2D eigenvalue weighted by Gasteiger charge is 2.46. The van der Waals surface area contributed by atoms with Gasteiger partial charge < -0.3 is 14.2 Å². The molecule has 0 spiro atoms. The van der Waals surface area contributed by atoms with E-state index in [1.807, 2.05) is 18.3 Å². The van der Waals surface area contributed by atoms with Crippen LogP contribution in [0.25, 0.3) is 10.9 Å². The lowest BCUT2D eigenvalue weighted by atomic mass is 9.68. The maximum absolute atomic E-state index is 13.6. The summed E-state index contributed by atoms with van der Waals surface area (Å²) in [4.78, 5) is 18.6. The maximum atomic E-state index is 13.6. The molecule has 1 aromatic heterocycles. The molecule has 2 aromatic rings. The molecule has 4 atom stereocenters. The fourth-order valence-electron chi connectivity index (χ4n) is 6.93. The lowest BCUT2D eigenvalue weighted by Gasteiger charge is -2.54. The number of benzene rings is 1. The van der Waals surface area contributed by atoms with Gasteiger partial charge >= 0.3 is 0 Å². The molecule has 4 aliphatic rings. The Morgan fingerprint density at radius 3 is 3.00 bits per heavy atom. The van der Waals surface area contributed by atoms with Crippen molar-refractivity contribution in [3.63, 3.8) is 0 Å². The first kappa shape index (κ1) is 19.4. The van der Waals surface area contributed by atoms with Crippen LogP contribution in [0.4, 0.5) is 0 Å². The van der Waals surface area contributed by atoms with Crippen molar-refractivity contribution in [2.45, 2.75) is 57.2 Å². The van der Waals surface area contributed by atoms with Crippen LogP contribution in [0.2, 0.25) is 0 Å². The van der Waals surface area contributed by atoms with Crippen LogP contribution in [0.3, 0.4) is 0 Å². The van der Waals surface area contributed by atoms with Crippen molar-refractivity contribution in [1.82, 2.24) is 14.4 Å². The molecule has 164 valence electrons. The highest BCUT2D eigenvalue weighted by atomic mass is 16.5. The van der Waals surface area contributed by atoms with E-state index in [1.165, 1.54) is 45.2 Å². The van der Waals surface area contributed by atoms with E-state index in [2.05, 4.69) is 32.6 Å². The van der Waals surface area contributed by atoms with Crippen LogP contribution in [0.15, 0.2) is 42.1 Å². The fourth-order valence-corrected chi connectivity index (χ4v) is 6.93. The van der Waals surface area contributed by atoms with Gasteiger partial charge in [-0.3, -0.25) is 9.69 Å². The molecule has 4 heterocycles. The SMILES string of the molecule is COc1ccc2c(ccn2CC(=O)N2CCCC3=C[C@H]4C[C@H](CN5CCCC[C@@H]45)[C@H]32)c1. The molecule has 3 aliphatic heterocycles. The zero-order valence-corrected chi connectivity index (χ0v) is 18.5. The smallest absolute Gasteiger partial charge is 0.243 e. The first-order valence-corrected chi connectivity index (χ1v) is 12.1. The highest BCUT2D eigenvalue weighted by Crippen LogP contribution is 2.45. The monoisotopic (exact) mass is 419 g/mol. The first-order valence-electron chi connectivity index (χ1n) is 12.1. The van der Waals surface area contributed by atoms with Crippen molar-refractivity contribution in [2.24, 2.45) is 11.8 Å². The molecule has 0 N–H and O–H groups in total. The van der Waals surface area contributed by atoms with Crippen LogP contribution >= 0.6 is 0 Å². The molecule has 1 aromatic carbocycles. The summed E-state index contributed by atoms with van der Waals surface area (Å²) in [5.74, 6) is 2.44. The third-order valence-electron chi connectivity index (χ3n) is 8.26. The molecule has 3 fully saturated rings. The van der Waals surface area contributed by atoms with Gasteiger partial charge in [-0.05, 0) is 74.8 Å². The summed E-state index contributed by atoms with van der Waals surface area (Å²) in [5.41, 5.74) is 2.66. The number of amides is 1. The predicted molar refractivity (Wildman–Crippen MR) is 122 cm³/mol. The first-order chi connectivity index (χ1) is 15.2. The van der Waals surface area contributed by atoms with Crippen molar-refractivity contribution in [3.05, 3.63) is 42.1 Å². The Labute approximate surface area is 184 Å². The molecule has 1 amide bonds. The van der Waals surface area contributed by atoms with E-state index in [0.717, 1.165) is 35.7 Å². The number of rotatable bonds is 3. The Bertz CT molecular complexity index is 1020. The van der Waals surface area contributed by atoms with Gasteiger partial charge in [0.1, 0.15) is 12.3 Å². The van der Waals surface area contributed by atoms with Gasteiger partial charge in [-0.2, -0.15) is 0 Å². The molecule has 0 radical (unpaired) electrons. The zero-order valence-electron chi connectivity index (χ0n) is 18.5. The van der Waals surface area contributed by atoms with E-state index in [1.54, 1.807) is 12.7 Å². The zero-order chi connectivity index (χ0) is 20.9. The maximum Gasteiger partial charge on any atom is 0.243 e. The molecule has 0 saturated carbocycles. The lowest BCUT2D eigenvalue weighted by Crippen LogP contribution is -2.60. The summed E-state index contributed by atoms with van der Waals surface area (Å²) in [6, 6.07) is 9.23. The number of hydrogen-bond acceptors (Lipinski definition) is 3. The summed E-state index contributed by atoms with van der Waals surface area (Å²) >= 11 is 0. The number of nitrogens with zero attached hydrogens (tertiary/aromatic N) is 3. The van der Waals surface area contributed by atoms with Crippen LogP contribution in [0.1, 0.15) is 38.5 Å². The number of aromatic nitrogens is 1. The number of fused-ring (bicyclic) bond motifs is 7. The topological polar surface area (TPSA) is 37.7 Å². The summed E-state index contributed by atoms with van der Waals surface area (Å²) in [6.07, 6.45) is 12.3. The molecule has 1 aliphatic carbocycles. The minimum Gasteiger partial charge on any atom is -0.497 e. The quantitative estimate of drug-likeness (QED) is 0.704. The van der Waals surface area contributed by atoms with Gasteiger partial charge in [0.15, 0.2) is 0 Å². The van der Waals surface area contributed by atoms with Crippen molar-refractivity contribution in [2.75, 3.05) is 26.7 Å². The number of piperidine rings is 3. The van der Waals surface area contributed by atoms with Crippen LogP contribution in [-0.4, -0.2) is 59.1 Å². The average Bonchev–Trinajstić information content (AvgIpc) is 3.20. The van der Waals surface area contributed by atoms with E-state index >= 15 is 0 Å². The van der Waals surface area contributed by atoms with Gasteiger partial charge in [-0.1, -0.05) is 18.1 Å². The number of ether oxygens (including phenoxy) is 1. The largest absolute Gasteiger partial charge is 0.497 e. The van der Waals surface area contributed by atoms with Crippen molar-refractivity contribution in [3.8, 4) is 5.75 Å². The number of carbonyl (C=O) groups excluding carboxylic acids is 1. The predicted octanol–water partition coefficient (Wildman–Crippen LogP) is 4.07. The Morgan fingerprint density at radius 2 is 2.10 bits per heavy atom. The van der Waals surface area contributed by atoms with E-state index in [0.29, 0.717) is 24.4 Å². The molecule has 31 heavy (non-hydrogen) atoms. The van der Waals surface area contributed by atoms with Crippen LogP contribution in [-0.2, 0) is 11.3 Å². The summed E-state index contributed by atoms with van der Waals surface area (Å²) in [7, 11) is 1.69. The van der Waals surface area contributed by atoms with Gasteiger partial charge in [-0.15, -0.1) is 0 Å². The normalized spacial score (nSPS) is 30.5. The standard InChI is InChI=1S/C26H33N3O2/c1-31-22-7-8-24-18(15-22)9-12-28(24)17-25(30)29-11-4-5-19-13-20-14-21(26(19)29)16-27-10-3-2-6-23(20)27/h7-9,12-13,15,20-21,23,26H,2-6,10-11,14,16-17H2,1H3/t20-,21+,23-,26-/m0/s1. The van der Waals surface area contributed by atoms with Crippen molar-refractivity contribution < 1.29 is 9.53 Å². The van der Waals surface area contributed by atoms with Gasteiger partial charge in [0.05, 0.1) is 13.2 Å². The Kier molecular flexibility index (Phi) is 4.82. The molecule has 0 unspecified atom stereocenters. The Morgan fingerprint density at radius 1 is 1.16 bits per heavy atom. The molecule has 6 rings (SSSR count). The second-order valence-corrected chi connectivity index (χ2v) is 9.96. The van der Waals surface area contributed by atoms with E-state index in [4.69, 9.17) is 4.74 Å². The minimum absolute atomic E-state index is 0.267. The van der Waals surface area contributed by atoms with Crippen molar-refractivity contribution >= 4 is 16.8 Å². The van der Waals surface area contributed by atoms with E-state index in [-0.39, 0.29) is 5.91 Å². The Balaban J connectivity index is 1.25. The number of carbonyl (C=O) groups is 1. The second-order valence-electron chi connectivity index (χ2n) is 9.96. The average molecular weight is 420 g/mol. The second kappa shape index (κ2) is 7.70. The molecule has 3 saturated heterocycles. The van der Waals surface area contributed by atoms with Crippen LogP contribution in [0.5, 0.6) is 5.75 Å². The summed E-state index contributed by atoms with van der Waals surface area (Å²) < 4.78 is 7.45. The molecule has 5 heteroatoms. The number of likely N-dealkylation sites (tertiary alicyclic amines) is 1. The fraction of sp³-hybridized carbons (Fsp3) is 0.577. The summed E-state index contributed by atoms with van der Waals surface area (Å²) in [5, 5.41) is 1.12. The van der Waals surface area contributed by atoms with Crippen LogP contribution < -0.4 is 4.74 Å². The molecule has 2 bridgehead atoms. The third kappa shape index (κ3) is 3.29. The number of hydrogen-bond donors (Lipinski definition) is 0. The van der Waals surface area contributed by atoms with E-state index in [9.17, 15) is 4.79 Å². The molecular formula is C26H33N3O2. The minimum atomic E-state index is 0.267. The van der Waals surface area contributed by atoms with Crippen LogP contribution in [0, 0.1) is 11.8 Å². The molecular weight excluding hydrogens is 386 g/mol. The lowest BCUT2D eigenvalue weighted by molar-refractivity contribution is -0.136. The van der Waals surface area contributed by atoms with E-state index < -0.39 is 0 Å². The summed E-state index contributed by atoms with van der Waals surface area (Å²) in [6.45, 7) is 3.75. The van der Waals surface area contributed by atoms with Gasteiger partial charge in [0.2, 0.25) is 5.91 Å². The Hall–Kier alpha value is -2.27. The third-order valence-corrected chi connectivity index (χ3v) is 8.26. The number of methoxy groups -OCH3 is 1. The molecule has 5 nitrogen and oxygen atoms in total.